The summed E-state index contributed by atoms with van der Waals surface area (Å²) in [4.78, 5) is 21.6. The van der Waals surface area contributed by atoms with Crippen molar-refractivity contribution in [2.45, 2.75) is 4.90 Å². The SMILES string of the molecule is CON(C)S(=O)(=O)c1cccc(C(=O)N2CCN(c3ccccc3)CC2)c1. The molecule has 1 saturated heterocycles. The molecule has 0 saturated carbocycles. The second kappa shape index (κ2) is 8.08. The third-order valence-electron chi connectivity index (χ3n) is 4.66. The van der Waals surface area contributed by atoms with Crippen LogP contribution in [0.25, 0.3) is 0 Å². The van der Waals surface area contributed by atoms with Gasteiger partial charge in [-0.05, 0) is 30.3 Å². The van der Waals surface area contributed by atoms with Crippen LogP contribution in [0, 0.1) is 0 Å². The molecule has 0 atom stereocenters. The lowest BCUT2D eigenvalue weighted by atomic mass is 10.1. The molecule has 0 spiro atoms. The van der Waals surface area contributed by atoms with Crippen molar-refractivity contribution < 1.29 is 18.0 Å². The van der Waals surface area contributed by atoms with E-state index in [9.17, 15) is 13.2 Å². The lowest BCUT2D eigenvalue weighted by Gasteiger charge is -2.36. The topological polar surface area (TPSA) is 70.2 Å². The number of benzene rings is 2. The van der Waals surface area contributed by atoms with Gasteiger partial charge in [-0.25, -0.2) is 8.42 Å². The van der Waals surface area contributed by atoms with Crippen LogP contribution in [0.4, 0.5) is 5.69 Å². The van der Waals surface area contributed by atoms with Crippen LogP contribution in [0.5, 0.6) is 0 Å². The summed E-state index contributed by atoms with van der Waals surface area (Å²) in [6.45, 7) is 2.64. The van der Waals surface area contributed by atoms with Crippen molar-refractivity contribution in [1.82, 2.24) is 9.37 Å². The molecule has 27 heavy (non-hydrogen) atoms. The Labute approximate surface area is 159 Å². The highest BCUT2D eigenvalue weighted by atomic mass is 32.2. The molecule has 1 fully saturated rings. The standard InChI is InChI=1S/C19H23N3O4S/c1-20(26-2)27(24,25)18-10-6-7-16(15-18)19(23)22-13-11-21(12-14-22)17-8-4-3-5-9-17/h3-10,15H,11-14H2,1-2H3. The maximum Gasteiger partial charge on any atom is 0.264 e. The van der Waals surface area contributed by atoms with Crippen LogP contribution in [0.15, 0.2) is 59.5 Å². The van der Waals surface area contributed by atoms with E-state index < -0.39 is 10.0 Å². The van der Waals surface area contributed by atoms with E-state index in [1.165, 1.54) is 26.3 Å². The Morgan fingerprint density at radius 1 is 1.00 bits per heavy atom. The normalized spacial score (nSPS) is 15.2. The van der Waals surface area contributed by atoms with Crippen molar-refractivity contribution in [2.75, 3.05) is 45.2 Å². The molecule has 7 nitrogen and oxygen atoms in total. The first kappa shape index (κ1) is 19.3. The first-order valence-electron chi connectivity index (χ1n) is 8.66. The molecule has 1 aliphatic rings. The van der Waals surface area contributed by atoms with Gasteiger partial charge in [-0.1, -0.05) is 28.7 Å². The molecule has 0 aliphatic carbocycles. The fourth-order valence-corrected chi connectivity index (χ4v) is 4.04. The minimum atomic E-state index is -3.79. The third-order valence-corrected chi connectivity index (χ3v) is 6.34. The summed E-state index contributed by atoms with van der Waals surface area (Å²) in [5.41, 5.74) is 1.49. The van der Waals surface area contributed by atoms with E-state index in [0.717, 1.165) is 23.2 Å². The second-order valence-corrected chi connectivity index (χ2v) is 8.18. The number of amides is 1. The molecule has 144 valence electrons. The van der Waals surface area contributed by atoms with Crippen LogP contribution in [0.1, 0.15) is 10.4 Å². The monoisotopic (exact) mass is 389 g/mol. The van der Waals surface area contributed by atoms with Gasteiger partial charge >= 0.3 is 0 Å². The lowest BCUT2D eigenvalue weighted by Crippen LogP contribution is -2.48. The van der Waals surface area contributed by atoms with Gasteiger partial charge in [-0.2, -0.15) is 0 Å². The van der Waals surface area contributed by atoms with Gasteiger partial charge in [0.2, 0.25) is 0 Å². The molecular weight excluding hydrogens is 366 g/mol. The average molecular weight is 389 g/mol. The maximum atomic E-state index is 12.8. The Morgan fingerprint density at radius 3 is 2.30 bits per heavy atom. The van der Waals surface area contributed by atoms with Crippen LogP contribution < -0.4 is 4.90 Å². The Morgan fingerprint density at radius 2 is 1.67 bits per heavy atom. The predicted octanol–water partition coefficient (Wildman–Crippen LogP) is 1.83. The lowest BCUT2D eigenvalue weighted by molar-refractivity contribution is -0.0258. The zero-order chi connectivity index (χ0) is 19.4. The summed E-state index contributed by atoms with van der Waals surface area (Å²) in [6.07, 6.45) is 0. The van der Waals surface area contributed by atoms with E-state index in [1.807, 2.05) is 18.2 Å². The van der Waals surface area contributed by atoms with Gasteiger partial charge in [0.15, 0.2) is 0 Å². The molecule has 0 N–H and O–H groups in total. The molecule has 1 aliphatic heterocycles. The molecule has 0 radical (unpaired) electrons. The minimum absolute atomic E-state index is 0.0284. The average Bonchev–Trinajstić information content (AvgIpc) is 2.73. The Balaban J connectivity index is 1.71. The van der Waals surface area contributed by atoms with Crippen molar-refractivity contribution in [2.24, 2.45) is 0 Å². The molecule has 0 bridgehead atoms. The summed E-state index contributed by atoms with van der Waals surface area (Å²) in [7, 11) is -1.20. The van der Waals surface area contributed by atoms with Crippen LogP contribution in [-0.4, -0.2) is 64.0 Å². The van der Waals surface area contributed by atoms with E-state index >= 15 is 0 Å². The smallest absolute Gasteiger partial charge is 0.264 e. The molecular formula is C19H23N3O4S. The predicted molar refractivity (Wildman–Crippen MR) is 103 cm³/mol. The Hall–Kier alpha value is -2.42. The van der Waals surface area contributed by atoms with Crippen molar-refractivity contribution in [3.8, 4) is 0 Å². The molecule has 3 rings (SSSR count). The van der Waals surface area contributed by atoms with Crippen molar-refractivity contribution in [1.29, 1.82) is 0 Å². The highest BCUT2D eigenvalue weighted by molar-refractivity contribution is 7.89. The summed E-state index contributed by atoms with van der Waals surface area (Å²) in [6, 6.07) is 16.1. The van der Waals surface area contributed by atoms with E-state index in [-0.39, 0.29) is 10.8 Å². The van der Waals surface area contributed by atoms with Crippen molar-refractivity contribution in [3.63, 3.8) is 0 Å². The summed E-state index contributed by atoms with van der Waals surface area (Å²) in [5.74, 6) is -0.167. The van der Waals surface area contributed by atoms with Gasteiger partial charge in [0.1, 0.15) is 0 Å². The molecule has 1 amide bonds. The number of hydroxylamine groups is 1. The van der Waals surface area contributed by atoms with Gasteiger partial charge in [0.25, 0.3) is 15.9 Å². The van der Waals surface area contributed by atoms with Gasteiger partial charge < -0.3 is 9.80 Å². The Kier molecular flexibility index (Phi) is 5.79. The molecule has 0 unspecified atom stereocenters. The van der Waals surface area contributed by atoms with Gasteiger partial charge in [0.05, 0.1) is 12.0 Å². The first-order valence-corrected chi connectivity index (χ1v) is 10.1. The summed E-state index contributed by atoms with van der Waals surface area (Å²) in [5, 5.41) is 0. The fourth-order valence-electron chi connectivity index (χ4n) is 3.03. The van der Waals surface area contributed by atoms with E-state index in [4.69, 9.17) is 4.84 Å². The highest BCUT2D eigenvalue weighted by Crippen LogP contribution is 2.19. The van der Waals surface area contributed by atoms with Gasteiger partial charge in [-0.3, -0.25) is 9.63 Å². The quantitative estimate of drug-likeness (QED) is 0.730. The number of anilines is 1. The number of hydrogen-bond acceptors (Lipinski definition) is 5. The fraction of sp³-hybridized carbons (Fsp3) is 0.316. The number of carbonyl (C=O) groups excluding carboxylic acids is 1. The highest BCUT2D eigenvalue weighted by Gasteiger charge is 2.25. The molecule has 2 aromatic carbocycles. The third kappa shape index (κ3) is 4.13. The maximum absolute atomic E-state index is 12.8. The minimum Gasteiger partial charge on any atom is -0.368 e. The van der Waals surface area contributed by atoms with E-state index in [1.54, 1.807) is 17.0 Å². The van der Waals surface area contributed by atoms with Gasteiger partial charge in [0, 0.05) is 44.5 Å². The zero-order valence-electron chi connectivity index (χ0n) is 15.4. The molecule has 0 aromatic heterocycles. The van der Waals surface area contributed by atoms with Gasteiger partial charge in [-0.15, -0.1) is 0 Å². The van der Waals surface area contributed by atoms with Crippen LogP contribution in [0.2, 0.25) is 0 Å². The van der Waals surface area contributed by atoms with Crippen LogP contribution in [0.3, 0.4) is 0 Å². The van der Waals surface area contributed by atoms with Crippen LogP contribution in [-0.2, 0) is 14.9 Å². The number of sulfonamides is 1. The summed E-state index contributed by atoms with van der Waals surface area (Å²) >= 11 is 0. The number of para-hydroxylation sites is 1. The van der Waals surface area contributed by atoms with E-state index in [0.29, 0.717) is 18.7 Å². The van der Waals surface area contributed by atoms with Crippen molar-refractivity contribution >= 4 is 21.6 Å². The van der Waals surface area contributed by atoms with E-state index in [2.05, 4.69) is 17.0 Å². The first-order chi connectivity index (χ1) is 12.9. The number of piperazine rings is 1. The largest absolute Gasteiger partial charge is 0.368 e. The number of hydrogen-bond donors (Lipinski definition) is 0. The molecule has 2 aromatic rings. The Bertz CT molecular complexity index is 894. The number of nitrogens with zero attached hydrogens (tertiary/aromatic N) is 3. The van der Waals surface area contributed by atoms with Crippen LogP contribution >= 0.6 is 0 Å². The zero-order valence-corrected chi connectivity index (χ0v) is 16.2. The molecule has 8 heteroatoms. The number of rotatable bonds is 5. The molecule has 1 heterocycles. The van der Waals surface area contributed by atoms with Crippen molar-refractivity contribution in [3.05, 3.63) is 60.2 Å². The number of carbonyl (C=O) groups is 1. The second-order valence-electron chi connectivity index (χ2n) is 6.24. The summed E-state index contributed by atoms with van der Waals surface area (Å²) < 4.78 is 25.5.